The number of carbonyl (C=O) groups is 1. The standard InChI is InChI=1S/C15H20O3/c1-4-8-13(16)15(2,3)11-18-14(17)12-9-6-5-7-10-12/h4-7,9-10,13,16H,1,8,11H2,2-3H3/t13-/m0/s1. The van der Waals surface area contributed by atoms with Gasteiger partial charge in [0.1, 0.15) is 0 Å². The summed E-state index contributed by atoms with van der Waals surface area (Å²) in [6, 6.07) is 8.82. The zero-order valence-corrected chi connectivity index (χ0v) is 10.9. The first-order valence-electron chi connectivity index (χ1n) is 5.98. The zero-order chi connectivity index (χ0) is 13.6. The van der Waals surface area contributed by atoms with Crippen LogP contribution in [0.4, 0.5) is 0 Å². The van der Waals surface area contributed by atoms with Crippen LogP contribution >= 0.6 is 0 Å². The Morgan fingerprint density at radius 1 is 1.44 bits per heavy atom. The molecule has 0 amide bonds. The third-order valence-electron chi connectivity index (χ3n) is 2.88. The van der Waals surface area contributed by atoms with Crippen molar-refractivity contribution < 1.29 is 14.6 Å². The van der Waals surface area contributed by atoms with Crippen LogP contribution in [0.5, 0.6) is 0 Å². The summed E-state index contributed by atoms with van der Waals surface area (Å²) in [6.07, 6.45) is 1.57. The number of hydrogen-bond donors (Lipinski definition) is 1. The van der Waals surface area contributed by atoms with Gasteiger partial charge in [-0.2, -0.15) is 0 Å². The zero-order valence-electron chi connectivity index (χ0n) is 10.9. The molecule has 1 atom stereocenters. The van der Waals surface area contributed by atoms with Gasteiger partial charge >= 0.3 is 5.97 Å². The second-order valence-electron chi connectivity index (χ2n) is 4.97. The van der Waals surface area contributed by atoms with Crippen molar-refractivity contribution in [2.45, 2.75) is 26.4 Å². The van der Waals surface area contributed by atoms with Crippen LogP contribution in [0.15, 0.2) is 43.0 Å². The van der Waals surface area contributed by atoms with Gasteiger partial charge in [-0.15, -0.1) is 6.58 Å². The minimum Gasteiger partial charge on any atom is -0.461 e. The van der Waals surface area contributed by atoms with E-state index in [1.807, 2.05) is 19.9 Å². The predicted octanol–water partition coefficient (Wildman–Crippen LogP) is 2.81. The third kappa shape index (κ3) is 4.00. The van der Waals surface area contributed by atoms with Gasteiger partial charge in [-0.25, -0.2) is 4.79 Å². The fourth-order valence-corrected chi connectivity index (χ4v) is 1.48. The summed E-state index contributed by atoms with van der Waals surface area (Å²) in [5.41, 5.74) is 0.0324. The van der Waals surface area contributed by atoms with E-state index in [-0.39, 0.29) is 12.6 Å². The molecule has 0 saturated carbocycles. The highest BCUT2D eigenvalue weighted by Gasteiger charge is 2.28. The van der Waals surface area contributed by atoms with E-state index in [1.54, 1.807) is 30.3 Å². The summed E-state index contributed by atoms with van der Waals surface area (Å²) in [5, 5.41) is 9.90. The van der Waals surface area contributed by atoms with E-state index in [0.29, 0.717) is 12.0 Å². The summed E-state index contributed by atoms with van der Waals surface area (Å²) >= 11 is 0. The summed E-state index contributed by atoms with van der Waals surface area (Å²) in [4.78, 5) is 11.7. The SMILES string of the molecule is C=CC[C@H](O)C(C)(C)COC(=O)c1ccccc1. The lowest BCUT2D eigenvalue weighted by Gasteiger charge is -2.29. The smallest absolute Gasteiger partial charge is 0.338 e. The van der Waals surface area contributed by atoms with E-state index < -0.39 is 11.5 Å². The number of carbonyl (C=O) groups excluding carboxylic acids is 1. The van der Waals surface area contributed by atoms with Gasteiger partial charge in [-0.05, 0) is 18.6 Å². The average Bonchev–Trinajstić information content (AvgIpc) is 2.37. The maximum atomic E-state index is 11.7. The van der Waals surface area contributed by atoms with Gasteiger partial charge in [0, 0.05) is 5.41 Å². The Labute approximate surface area is 108 Å². The summed E-state index contributed by atoms with van der Waals surface area (Å²) in [6.45, 7) is 7.49. The van der Waals surface area contributed by atoms with Crippen LogP contribution in [0.1, 0.15) is 30.6 Å². The first-order valence-corrected chi connectivity index (χ1v) is 5.98. The molecule has 3 heteroatoms. The molecule has 0 saturated heterocycles. The fraction of sp³-hybridized carbons (Fsp3) is 0.400. The molecule has 0 aliphatic heterocycles. The molecule has 0 aliphatic rings. The van der Waals surface area contributed by atoms with Gasteiger partial charge in [0.2, 0.25) is 0 Å². The molecule has 0 fully saturated rings. The Hall–Kier alpha value is -1.61. The Balaban J connectivity index is 2.54. The van der Waals surface area contributed by atoms with E-state index in [4.69, 9.17) is 4.74 Å². The summed E-state index contributed by atoms with van der Waals surface area (Å²) in [5.74, 6) is -0.366. The van der Waals surface area contributed by atoms with Crippen LogP contribution < -0.4 is 0 Å². The number of ether oxygens (including phenoxy) is 1. The molecule has 1 rings (SSSR count). The molecule has 0 radical (unpaired) electrons. The largest absolute Gasteiger partial charge is 0.461 e. The fourth-order valence-electron chi connectivity index (χ4n) is 1.48. The van der Waals surface area contributed by atoms with Crippen molar-refractivity contribution >= 4 is 5.97 Å². The van der Waals surface area contributed by atoms with Crippen LogP contribution in [-0.4, -0.2) is 23.8 Å². The van der Waals surface area contributed by atoms with Crippen molar-refractivity contribution in [2.75, 3.05) is 6.61 Å². The summed E-state index contributed by atoms with van der Waals surface area (Å²) < 4.78 is 5.23. The van der Waals surface area contributed by atoms with Gasteiger partial charge in [0.15, 0.2) is 0 Å². The average molecular weight is 248 g/mol. The highest BCUT2D eigenvalue weighted by atomic mass is 16.5. The molecule has 0 heterocycles. The van der Waals surface area contributed by atoms with Crippen molar-refractivity contribution in [1.82, 2.24) is 0 Å². The number of aliphatic hydroxyl groups is 1. The lowest BCUT2D eigenvalue weighted by Crippen LogP contribution is -2.34. The van der Waals surface area contributed by atoms with Gasteiger partial charge in [-0.3, -0.25) is 0 Å². The van der Waals surface area contributed by atoms with Crippen LogP contribution in [0, 0.1) is 5.41 Å². The van der Waals surface area contributed by atoms with Gasteiger partial charge in [-0.1, -0.05) is 38.1 Å². The number of esters is 1. The van der Waals surface area contributed by atoms with Crippen LogP contribution in [0.25, 0.3) is 0 Å². The molecule has 0 aromatic heterocycles. The maximum Gasteiger partial charge on any atom is 0.338 e. The van der Waals surface area contributed by atoms with E-state index in [1.165, 1.54) is 0 Å². The van der Waals surface area contributed by atoms with Crippen LogP contribution in [-0.2, 0) is 4.74 Å². The van der Waals surface area contributed by atoms with Gasteiger partial charge < -0.3 is 9.84 Å². The quantitative estimate of drug-likeness (QED) is 0.622. The Morgan fingerprint density at radius 2 is 2.06 bits per heavy atom. The number of aliphatic hydroxyl groups excluding tert-OH is 1. The van der Waals surface area contributed by atoms with Crippen molar-refractivity contribution in [3.8, 4) is 0 Å². The highest BCUT2D eigenvalue weighted by Crippen LogP contribution is 2.24. The monoisotopic (exact) mass is 248 g/mol. The topological polar surface area (TPSA) is 46.5 Å². The number of benzene rings is 1. The molecule has 0 aliphatic carbocycles. The molecule has 1 aromatic rings. The second kappa shape index (κ2) is 6.36. The van der Waals surface area contributed by atoms with E-state index in [2.05, 4.69) is 6.58 Å². The molecule has 1 N–H and O–H groups in total. The van der Waals surface area contributed by atoms with Gasteiger partial charge in [0.05, 0.1) is 18.3 Å². The Bertz CT molecular complexity index is 395. The highest BCUT2D eigenvalue weighted by molar-refractivity contribution is 5.89. The molecule has 0 unspecified atom stereocenters. The van der Waals surface area contributed by atoms with Crippen LogP contribution in [0.2, 0.25) is 0 Å². The van der Waals surface area contributed by atoms with Crippen molar-refractivity contribution in [3.05, 3.63) is 48.6 Å². The molecular weight excluding hydrogens is 228 g/mol. The number of hydrogen-bond acceptors (Lipinski definition) is 3. The lowest BCUT2D eigenvalue weighted by atomic mass is 9.86. The first kappa shape index (κ1) is 14.5. The molecule has 0 spiro atoms. The van der Waals surface area contributed by atoms with E-state index in [0.717, 1.165) is 0 Å². The van der Waals surface area contributed by atoms with Crippen LogP contribution in [0.3, 0.4) is 0 Å². The minimum atomic E-state index is -0.571. The first-order chi connectivity index (χ1) is 8.47. The summed E-state index contributed by atoms with van der Waals surface area (Å²) in [7, 11) is 0. The van der Waals surface area contributed by atoms with E-state index >= 15 is 0 Å². The van der Waals surface area contributed by atoms with Crippen molar-refractivity contribution in [1.29, 1.82) is 0 Å². The predicted molar refractivity (Wildman–Crippen MR) is 71.3 cm³/mol. The van der Waals surface area contributed by atoms with E-state index in [9.17, 15) is 9.90 Å². The number of rotatable bonds is 6. The Morgan fingerprint density at radius 3 is 2.61 bits per heavy atom. The molecular formula is C15H20O3. The second-order valence-corrected chi connectivity index (χ2v) is 4.97. The molecule has 0 bridgehead atoms. The molecule has 1 aromatic carbocycles. The molecule has 98 valence electrons. The van der Waals surface area contributed by atoms with Crippen molar-refractivity contribution in [2.24, 2.45) is 5.41 Å². The molecule has 3 nitrogen and oxygen atoms in total. The van der Waals surface area contributed by atoms with Crippen molar-refractivity contribution in [3.63, 3.8) is 0 Å². The minimum absolute atomic E-state index is 0.176. The Kier molecular flexibility index (Phi) is 5.10. The third-order valence-corrected chi connectivity index (χ3v) is 2.88. The lowest BCUT2D eigenvalue weighted by molar-refractivity contribution is -0.0115. The maximum absolute atomic E-state index is 11.7. The normalized spacial score (nSPS) is 12.8. The van der Waals surface area contributed by atoms with Gasteiger partial charge in [0.25, 0.3) is 0 Å². The molecule has 18 heavy (non-hydrogen) atoms.